The molecule has 0 spiro atoms. The number of phosphoric acid groups is 1. The molecule has 0 saturated heterocycles. The third-order valence-electron chi connectivity index (χ3n) is 11.5. The van der Waals surface area contributed by atoms with Gasteiger partial charge in [-0.05, 0) is 38.5 Å². The summed E-state index contributed by atoms with van der Waals surface area (Å²) in [7, 11) is 1.31. The highest BCUT2D eigenvalue weighted by Crippen LogP contribution is 2.38. The second-order valence-electron chi connectivity index (χ2n) is 18.5. The Morgan fingerprint density at radius 2 is 0.948 bits per heavy atom. The summed E-state index contributed by atoms with van der Waals surface area (Å²) in [5.41, 5.74) is 0. The minimum absolute atomic E-state index is 0.0133. The van der Waals surface area contributed by atoms with Gasteiger partial charge in [0.05, 0.1) is 39.9 Å². The van der Waals surface area contributed by atoms with Gasteiger partial charge in [-0.3, -0.25) is 9.36 Å². The number of unbranched alkanes of at least 4 members (excludes halogenated alkanes) is 31. The smallest absolute Gasteiger partial charge is 0.268 e. The standard InChI is InChI=1S/C49H99N2O6P/c1-6-8-10-12-14-16-18-20-21-22-23-24-25-26-27-28-29-31-33-35-37-39-41-43-49(53)50-47(46-57-58(54,55)56-45-44-51(3,4)5)48(52)42-40-38-36-34-32-30-19-17-15-13-11-9-7-2/h26-27,47-48,52H,6-25,28-46H2,1-5H3,(H-,50,53,54,55)/b27-26-. The summed E-state index contributed by atoms with van der Waals surface area (Å²) in [5.74, 6) is -0.167. The number of likely N-dealkylation sites (N-methyl/N-ethyl adjacent to an activating group) is 1. The van der Waals surface area contributed by atoms with Gasteiger partial charge in [0, 0.05) is 6.42 Å². The SMILES string of the molecule is CCCCCCCCCCCCCC/C=C\CCCCCCCCCC(=O)NC(COP(=O)([O-])OCC[N+](C)(C)C)C(O)CCCCCCCCCCCCCCC. The van der Waals surface area contributed by atoms with Gasteiger partial charge in [0.2, 0.25) is 5.91 Å². The second kappa shape index (κ2) is 41.6. The predicted octanol–water partition coefficient (Wildman–Crippen LogP) is 13.7. The van der Waals surface area contributed by atoms with Crippen molar-refractivity contribution in [3.05, 3.63) is 12.2 Å². The maximum Gasteiger partial charge on any atom is 0.268 e. The maximum atomic E-state index is 12.9. The van der Waals surface area contributed by atoms with E-state index in [1.807, 2.05) is 21.1 Å². The fourth-order valence-electron chi connectivity index (χ4n) is 7.51. The van der Waals surface area contributed by atoms with Crippen molar-refractivity contribution in [2.75, 3.05) is 40.9 Å². The Hall–Kier alpha value is -0.760. The van der Waals surface area contributed by atoms with Gasteiger partial charge in [-0.25, -0.2) is 0 Å². The molecule has 1 amide bonds. The highest BCUT2D eigenvalue weighted by atomic mass is 31.2. The number of rotatable bonds is 46. The minimum atomic E-state index is -4.56. The zero-order chi connectivity index (χ0) is 42.8. The van der Waals surface area contributed by atoms with E-state index in [4.69, 9.17) is 9.05 Å². The summed E-state index contributed by atoms with van der Waals surface area (Å²) in [6.07, 6.45) is 47.9. The van der Waals surface area contributed by atoms with Crippen LogP contribution in [0.1, 0.15) is 245 Å². The lowest BCUT2D eigenvalue weighted by Gasteiger charge is -2.30. The molecule has 0 aliphatic carbocycles. The summed E-state index contributed by atoms with van der Waals surface area (Å²) in [5, 5.41) is 13.9. The zero-order valence-corrected chi connectivity index (χ0v) is 40.2. The summed E-state index contributed by atoms with van der Waals surface area (Å²) in [6.45, 7) is 4.74. The maximum absolute atomic E-state index is 12.9. The Labute approximate surface area is 361 Å². The van der Waals surface area contributed by atoms with Crippen LogP contribution in [-0.4, -0.2) is 68.5 Å². The molecule has 8 nitrogen and oxygen atoms in total. The monoisotopic (exact) mass is 843 g/mol. The molecule has 0 rings (SSSR count). The van der Waals surface area contributed by atoms with Crippen molar-refractivity contribution in [3.8, 4) is 0 Å². The Morgan fingerprint density at radius 3 is 1.34 bits per heavy atom. The van der Waals surface area contributed by atoms with Crippen molar-refractivity contribution in [1.29, 1.82) is 0 Å². The molecular weight excluding hydrogens is 744 g/mol. The van der Waals surface area contributed by atoms with Gasteiger partial charge in [-0.2, -0.15) is 0 Å². The van der Waals surface area contributed by atoms with Crippen molar-refractivity contribution >= 4 is 13.7 Å². The molecule has 346 valence electrons. The zero-order valence-electron chi connectivity index (χ0n) is 39.3. The lowest BCUT2D eigenvalue weighted by molar-refractivity contribution is -0.870. The van der Waals surface area contributed by atoms with Crippen LogP contribution in [0, 0.1) is 0 Å². The molecule has 58 heavy (non-hydrogen) atoms. The second-order valence-corrected chi connectivity index (χ2v) is 19.9. The number of hydrogen-bond donors (Lipinski definition) is 2. The number of amides is 1. The van der Waals surface area contributed by atoms with Gasteiger partial charge in [0.1, 0.15) is 13.2 Å². The number of aliphatic hydroxyl groups is 1. The van der Waals surface area contributed by atoms with Crippen molar-refractivity contribution < 1.29 is 32.9 Å². The fraction of sp³-hybridized carbons (Fsp3) is 0.939. The van der Waals surface area contributed by atoms with Crippen molar-refractivity contribution in [1.82, 2.24) is 5.32 Å². The largest absolute Gasteiger partial charge is 0.756 e. The number of nitrogens with zero attached hydrogens (tertiary/aromatic N) is 1. The van der Waals surface area contributed by atoms with Crippen molar-refractivity contribution in [2.24, 2.45) is 0 Å². The molecule has 0 bridgehead atoms. The average molecular weight is 843 g/mol. The molecule has 0 saturated carbocycles. The van der Waals surface area contributed by atoms with E-state index in [9.17, 15) is 19.4 Å². The van der Waals surface area contributed by atoms with E-state index in [-0.39, 0.29) is 19.1 Å². The van der Waals surface area contributed by atoms with Gasteiger partial charge in [0.25, 0.3) is 7.82 Å². The molecule has 0 aromatic rings. The van der Waals surface area contributed by atoms with E-state index in [1.165, 1.54) is 180 Å². The van der Waals surface area contributed by atoms with Crippen LogP contribution < -0.4 is 10.2 Å². The van der Waals surface area contributed by atoms with Crippen molar-refractivity contribution in [3.63, 3.8) is 0 Å². The molecule has 2 N–H and O–H groups in total. The van der Waals surface area contributed by atoms with Gasteiger partial charge < -0.3 is 28.8 Å². The van der Waals surface area contributed by atoms with Crippen LogP contribution in [0.3, 0.4) is 0 Å². The minimum Gasteiger partial charge on any atom is -0.756 e. The number of nitrogens with one attached hydrogen (secondary N) is 1. The van der Waals surface area contributed by atoms with Crippen LogP contribution >= 0.6 is 7.82 Å². The van der Waals surface area contributed by atoms with Gasteiger partial charge in [-0.15, -0.1) is 0 Å². The van der Waals surface area contributed by atoms with E-state index >= 15 is 0 Å². The predicted molar refractivity (Wildman–Crippen MR) is 247 cm³/mol. The number of hydrogen-bond acceptors (Lipinski definition) is 6. The number of quaternary nitrogens is 1. The summed E-state index contributed by atoms with van der Waals surface area (Å²) >= 11 is 0. The van der Waals surface area contributed by atoms with Crippen LogP contribution in [0.5, 0.6) is 0 Å². The Kier molecular flexibility index (Phi) is 41.0. The Morgan fingerprint density at radius 1 is 0.586 bits per heavy atom. The molecule has 3 atom stereocenters. The molecule has 0 fully saturated rings. The number of aliphatic hydroxyl groups excluding tert-OH is 1. The number of phosphoric ester groups is 1. The number of carbonyl (C=O) groups is 1. The van der Waals surface area contributed by atoms with Crippen LogP contribution in [0.2, 0.25) is 0 Å². The molecule has 9 heteroatoms. The van der Waals surface area contributed by atoms with Gasteiger partial charge >= 0.3 is 0 Å². The van der Waals surface area contributed by atoms with E-state index in [0.717, 1.165) is 38.5 Å². The Bertz CT molecular complexity index is 958. The fourth-order valence-corrected chi connectivity index (χ4v) is 8.23. The molecular formula is C49H99N2O6P. The first-order valence-electron chi connectivity index (χ1n) is 25.0. The molecule has 0 aromatic carbocycles. The molecule has 0 aromatic heterocycles. The highest BCUT2D eigenvalue weighted by Gasteiger charge is 2.24. The topological polar surface area (TPSA) is 108 Å². The highest BCUT2D eigenvalue weighted by molar-refractivity contribution is 7.45. The van der Waals surface area contributed by atoms with Crippen LogP contribution in [0.25, 0.3) is 0 Å². The number of allylic oxidation sites excluding steroid dienone is 2. The normalized spacial score (nSPS) is 14.3. The van der Waals surface area contributed by atoms with Gasteiger partial charge in [-0.1, -0.05) is 212 Å². The van der Waals surface area contributed by atoms with Crippen LogP contribution in [-0.2, 0) is 18.4 Å². The van der Waals surface area contributed by atoms with Gasteiger partial charge in [0.15, 0.2) is 0 Å². The van der Waals surface area contributed by atoms with E-state index in [1.54, 1.807) is 0 Å². The molecule has 3 unspecified atom stereocenters. The third kappa shape index (κ3) is 43.3. The molecule has 0 aliphatic rings. The first-order valence-corrected chi connectivity index (χ1v) is 26.5. The summed E-state index contributed by atoms with van der Waals surface area (Å²) < 4.78 is 23.3. The third-order valence-corrected chi connectivity index (χ3v) is 12.5. The Balaban J connectivity index is 4.20. The van der Waals surface area contributed by atoms with Crippen LogP contribution in [0.4, 0.5) is 0 Å². The van der Waals surface area contributed by atoms with E-state index < -0.39 is 20.0 Å². The summed E-state index contributed by atoms with van der Waals surface area (Å²) in [4.78, 5) is 25.4. The molecule has 0 radical (unpaired) electrons. The molecule has 0 aliphatic heterocycles. The lowest BCUT2D eigenvalue weighted by Crippen LogP contribution is -2.46. The van der Waals surface area contributed by atoms with Crippen LogP contribution in [0.15, 0.2) is 12.2 Å². The lowest BCUT2D eigenvalue weighted by atomic mass is 10.0. The van der Waals surface area contributed by atoms with Crippen molar-refractivity contribution in [2.45, 2.75) is 257 Å². The summed E-state index contributed by atoms with van der Waals surface area (Å²) in [6, 6.07) is -0.798. The quantitative estimate of drug-likeness (QED) is 0.0273. The first kappa shape index (κ1) is 57.2. The van der Waals surface area contributed by atoms with E-state index in [0.29, 0.717) is 23.9 Å². The molecule has 0 heterocycles. The van der Waals surface area contributed by atoms with E-state index in [2.05, 4.69) is 31.3 Å². The number of carbonyl (C=O) groups excluding carboxylic acids is 1. The average Bonchev–Trinajstić information content (AvgIpc) is 3.17. The first-order chi connectivity index (χ1) is 28.0.